The Morgan fingerprint density at radius 2 is 2.04 bits per heavy atom. The Hall–Kier alpha value is -2.77. The highest BCUT2D eigenvalue weighted by atomic mass is 19.4. The number of carbonyl (C=O) groups excluding carboxylic acids is 2. The number of hydrogen-bond acceptors (Lipinski definition) is 3. The van der Waals surface area contributed by atoms with E-state index in [0.29, 0.717) is 17.9 Å². The molecule has 28 heavy (non-hydrogen) atoms. The molecule has 8 heteroatoms. The largest absolute Gasteiger partial charge is 0.464 e. The number of halogens is 3. The van der Waals surface area contributed by atoms with E-state index in [1.165, 1.54) is 15.9 Å². The summed E-state index contributed by atoms with van der Waals surface area (Å²) < 4.78 is 44.0. The summed E-state index contributed by atoms with van der Waals surface area (Å²) in [5.41, 5.74) is -0.367. The van der Waals surface area contributed by atoms with Crippen LogP contribution in [0.2, 0.25) is 0 Å². The molecule has 1 saturated heterocycles. The molecule has 2 heterocycles. The Bertz CT molecular complexity index is 876. The van der Waals surface area contributed by atoms with Gasteiger partial charge in [0, 0.05) is 26.6 Å². The highest BCUT2D eigenvalue weighted by molar-refractivity contribution is 5.89. The lowest BCUT2D eigenvalue weighted by atomic mass is 10.1. The molecule has 0 spiro atoms. The van der Waals surface area contributed by atoms with Crippen molar-refractivity contribution in [2.75, 3.05) is 13.6 Å². The van der Waals surface area contributed by atoms with Crippen molar-refractivity contribution in [2.45, 2.75) is 32.6 Å². The van der Waals surface area contributed by atoms with Crippen LogP contribution in [-0.4, -0.2) is 35.2 Å². The van der Waals surface area contributed by atoms with Crippen LogP contribution in [-0.2, 0) is 28.9 Å². The fourth-order valence-corrected chi connectivity index (χ4v) is 3.35. The standard InChI is InChI=1S/C20H21F3N2O3/c1-13-6-7-17(28-13)12-24(2)19(27)15-9-18(26)25(11-15)10-14-4-3-5-16(8-14)20(21,22)23/h3-8,15H,9-12H2,1-2H3/t15-/m1/s1. The molecule has 0 aliphatic carbocycles. The zero-order valence-electron chi connectivity index (χ0n) is 15.6. The minimum Gasteiger partial charge on any atom is -0.464 e. The Morgan fingerprint density at radius 3 is 2.68 bits per heavy atom. The average Bonchev–Trinajstić information content (AvgIpc) is 3.19. The van der Waals surface area contributed by atoms with E-state index in [1.807, 2.05) is 13.0 Å². The molecule has 0 unspecified atom stereocenters. The summed E-state index contributed by atoms with van der Waals surface area (Å²) in [4.78, 5) is 27.9. The van der Waals surface area contributed by atoms with Gasteiger partial charge in [0.15, 0.2) is 0 Å². The third kappa shape index (κ3) is 4.55. The zero-order chi connectivity index (χ0) is 20.5. The topological polar surface area (TPSA) is 53.8 Å². The number of hydrogen-bond donors (Lipinski definition) is 0. The molecule has 1 aliphatic rings. The summed E-state index contributed by atoms with van der Waals surface area (Å²) in [5, 5.41) is 0. The van der Waals surface area contributed by atoms with E-state index in [-0.39, 0.29) is 31.3 Å². The SMILES string of the molecule is Cc1ccc(CN(C)C(=O)[C@@H]2CC(=O)N(Cc3cccc(C(F)(F)F)c3)C2)o1. The third-order valence-corrected chi connectivity index (χ3v) is 4.76. The molecule has 5 nitrogen and oxygen atoms in total. The Labute approximate surface area is 160 Å². The first kappa shape index (κ1) is 20.0. The van der Waals surface area contributed by atoms with Crippen LogP contribution in [0.3, 0.4) is 0 Å². The molecule has 1 fully saturated rings. The third-order valence-electron chi connectivity index (χ3n) is 4.76. The number of benzene rings is 1. The van der Waals surface area contributed by atoms with Gasteiger partial charge in [0.2, 0.25) is 11.8 Å². The highest BCUT2D eigenvalue weighted by Crippen LogP contribution is 2.30. The van der Waals surface area contributed by atoms with Gasteiger partial charge >= 0.3 is 6.18 Å². The van der Waals surface area contributed by atoms with Crippen molar-refractivity contribution in [2.24, 2.45) is 5.92 Å². The van der Waals surface area contributed by atoms with Gasteiger partial charge in [-0.3, -0.25) is 9.59 Å². The van der Waals surface area contributed by atoms with E-state index in [2.05, 4.69) is 0 Å². The molecule has 0 saturated carbocycles. The first-order valence-corrected chi connectivity index (χ1v) is 8.87. The van der Waals surface area contributed by atoms with Crippen molar-refractivity contribution >= 4 is 11.8 Å². The summed E-state index contributed by atoms with van der Waals surface area (Å²) in [6.45, 7) is 2.35. The molecule has 1 atom stereocenters. The van der Waals surface area contributed by atoms with E-state index < -0.39 is 17.7 Å². The van der Waals surface area contributed by atoms with Crippen molar-refractivity contribution in [3.05, 3.63) is 59.0 Å². The normalized spacial score (nSPS) is 17.2. The first-order valence-electron chi connectivity index (χ1n) is 8.87. The summed E-state index contributed by atoms with van der Waals surface area (Å²) in [6.07, 6.45) is -4.38. The molecule has 150 valence electrons. The molecule has 1 aromatic heterocycles. The second kappa shape index (κ2) is 7.69. The molecule has 3 rings (SSSR count). The highest BCUT2D eigenvalue weighted by Gasteiger charge is 2.36. The van der Waals surface area contributed by atoms with E-state index in [1.54, 1.807) is 19.2 Å². The Balaban J connectivity index is 1.62. The number of aryl methyl sites for hydroxylation is 1. The van der Waals surface area contributed by atoms with E-state index in [4.69, 9.17) is 4.42 Å². The fraction of sp³-hybridized carbons (Fsp3) is 0.400. The second-order valence-corrected chi connectivity index (χ2v) is 7.08. The second-order valence-electron chi connectivity index (χ2n) is 7.08. The maximum absolute atomic E-state index is 12.9. The predicted octanol–water partition coefficient (Wildman–Crippen LogP) is 3.61. The number of alkyl halides is 3. The maximum Gasteiger partial charge on any atom is 0.416 e. The van der Waals surface area contributed by atoms with Gasteiger partial charge in [-0.25, -0.2) is 0 Å². The maximum atomic E-state index is 12.9. The van der Waals surface area contributed by atoms with Crippen LogP contribution in [0.25, 0.3) is 0 Å². The number of furan rings is 1. The van der Waals surface area contributed by atoms with Gasteiger partial charge in [-0.05, 0) is 36.8 Å². The average molecular weight is 394 g/mol. The molecular weight excluding hydrogens is 373 g/mol. The minimum absolute atomic E-state index is 0.0492. The smallest absolute Gasteiger partial charge is 0.416 e. The van der Waals surface area contributed by atoms with Gasteiger partial charge in [0.1, 0.15) is 11.5 Å². The monoisotopic (exact) mass is 394 g/mol. The van der Waals surface area contributed by atoms with Gasteiger partial charge < -0.3 is 14.2 Å². The Kier molecular flexibility index (Phi) is 5.49. The van der Waals surface area contributed by atoms with Crippen LogP contribution in [0, 0.1) is 12.8 Å². The van der Waals surface area contributed by atoms with Crippen molar-refractivity contribution < 1.29 is 27.2 Å². The van der Waals surface area contributed by atoms with Crippen LogP contribution in [0.1, 0.15) is 29.1 Å². The quantitative estimate of drug-likeness (QED) is 0.779. The summed E-state index contributed by atoms with van der Waals surface area (Å²) in [7, 11) is 1.64. The fourth-order valence-electron chi connectivity index (χ4n) is 3.35. The number of rotatable bonds is 5. The van der Waals surface area contributed by atoms with Crippen molar-refractivity contribution in [3.8, 4) is 0 Å². The van der Waals surface area contributed by atoms with Gasteiger partial charge in [-0.2, -0.15) is 13.2 Å². The van der Waals surface area contributed by atoms with Crippen LogP contribution in [0.15, 0.2) is 40.8 Å². The molecule has 1 aromatic carbocycles. The molecular formula is C20H21F3N2O3. The number of amides is 2. The minimum atomic E-state index is -4.43. The number of nitrogens with zero attached hydrogens (tertiary/aromatic N) is 2. The lowest BCUT2D eigenvalue weighted by molar-refractivity contribution is -0.137. The van der Waals surface area contributed by atoms with Crippen molar-refractivity contribution in [1.82, 2.24) is 9.80 Å². The molecule has 1 aliphatic heterocycles. The van der Waals surface area contributed by atoms with E-state index in [9.17, 15) is 22.8 Å². The van der Waals surface area contributed by atoms with Gasteiger partial charge in [0.25, 0.3) is 0 Å². The van der Waals surface area contributed by atoms with Gasteiger partial charge in [-0.1, -0.05) is 12.1 Å². The van der Waals surface area contributed by atoms with Crippen molar-refractivity contribution in [3.63, 3.8) is 0 Å². The molecule has 0 bridgehead atoms. The molecule has 0 N–H and O–H groups in total. The van der Waals surface area contributed by atoms with Crippen LogP contribution in [0.5, 0.6) is 0 Å². The first-order chi connectivity index (χ1) is 13.1. The lowest BCUT2D eigenvalue weighted by Gasteiger charge is -2.21. The van der Waals surface area contributed by atoms with Crippen molar-refractivity contribution in [1.29, 1.82) is 0 Å². The van der Waals surface area contributed by atoms with Gasteiger partial charge in [-0.15, -0.1) is 0 Å². The summed E-state index contributed by atoms with van der Waals surface area (Å²) in [5.74, 6) is 0.462. The van der Waals surface area contributed by atoms with E-state index >= 15 is 0 Å². The predicted molar refractivity (Wildman–Crippen MR) is 94.9 cm³/mol. The number of carbonyl (C=O) groups is 2. The molecule has 0 radical (unpaired) electrons. The van der Waals surface area contributed by atoms with Crippen LogP contribution < -0.4 is 0 Å². The summed E-state index contributed by atoms with van der Waals surface area (Å²) >= 11 is 0. The Morgan fingerprint density at radius 1 is 1.29 bits per heavy atom. The van der Waals surface area contributed by atoms with Gasteiger partial charge in [0.05, 0.1) is 18.0 Å². The van der Waals surface area contributed by atoms with E-state index in [0.717, 1.165) is 17.9 Å². The summed E-state index contributed by atoms with van der Waals surface area (Å²) in [6, 6.07) is 8.49. The van der Waals surface area contributed by atoms with Crippen LogP contribution in [0.4, 0.5) is 13.2 Å². The zero-order valence-corrected chi connectivity index (χ0v) is 15.6. The molecule has 2 amide bonds. The lowest BCUT2D eigenvalue weighted by Crippen LogP contribution is -2.34. The van der Waals surface area contributed by atoms with Crippen LogP contribution >= 0.6 is 0 Å². The number of likely N-dealkylation sites (tertiary alicyclic amines) is 1. The molecule has 2 aromatic rings.